The molecule has 1 amide bonds. The number of nitrogens with one attached hydrogen (secondary N) is 1. The lowest BCUT2D eigenvalue weighted by Crippen LogP contribution is -2.42. The van der Waals surface area contributed by atoms with Crippen LogP contribution in [0.15, 0.2) is 18.2 Å². The van der Waals surface area contributed by atoms with Crippen LogP contribution in [-0.4, -0.2) is 36.3 Å². The Balaban J connectivity index is 2.30. The maximum Gasteiger partial charge on any atom is 0.328 e. The van der Waals surface area contributed by atoms with Crippen molar-refractivity contribution in [3.05, 3.63) is 29.8 Å². The topological polar surface area (TPSA) is 75.6 Å². The van der Waals surface area contributed by atoms with Crippen LogP contribution in [0.5, 0.6) is 5.75 Å². The van der Waals surface area contributed by atoms with Crippen molar-refractivity contribution in [2.24, 2.45) is 0 Å². The first kappa shape index (κ1) is 16.8. The van der Waals surface area contributed by atoms with E-state index in [4.69, 9.17) is 9.84 Å². The van der Waals surface area contributed by atoms with Gasteiger partial charge in [0.1, 0.15) is 12.5 Å². The minimum Gasteiger partial charge on any atom is -0.491 e. The highest BCUT2D eigenvalue weighted by Crippen LogP contribution is 2.17. The first-order chi connectivity index (χ1) is 9.93. The molecule has 0 bridgehead atoms. The number of alkyl halides is 1. The monoisotopic (exact) mass is 305 g/mol. The van der Waals surface area contributed by atoms with Gasteiger partial charge in [0.25, 0.3) is 0 Å². The molecule has 1 aromatic rings. The van der Waals surface area contributed by atoms with Crippen molar-refractivity contribution in [1.29, 1.82) is 0 Å². The van der Waals surface area contributed by atoms with Crippen LogP contribution in [0.1, 0.15) is 12.8 Å². The van der Waals surface area contributed by atoms with Crippen LogP contribution in [0.3, 0.4) is 0 Å². The molecule has 5 nitrogen and oxygen atoms in total. The molecule has 0 aromatic heterocycles. The van der Waals surface area contributed by atoms with Gasteiger partial charge in [-0.2, -0.15) is 0 Å². The normalized spacial score (nSPS) is 11.8. The van der Waals surface area contributed by atoms with Crippen molar-refractivity contribution in [1.82, 2.24) is 5.32 Å². The molecule has 0 saturated carbocycles. The fourth-order valence-corrected chi connectivity index (χ4v) is 1.44. The quantitative estimate of drug-likeness (QED) is 0.716. The highest BCUT2D eigenvalue weighted by atomic mass is 19.1. The van der Waals surface area contributed by atoms with E-state index < -0.39 is 36.2 Å². The van der Waals surface area contributed by atoms with Gasteiger partial charge in [-0.25, -0.2) is 18.0 Å². The molecule has 0 aliphatic carbocycles. The van der Waals surface area contributed by atoms with E-state index in [1.165, 1.54) is 0 Å². The van der Waals surface area contributed by atoms with Crippen LogP contribution >= 0.6 is 0 Å². The standard InChI is InChI=1S/C13H14F3NO4/c14-7-10(13(19)20)17-12(18)2-1-5-21-11-4-3-8(15)6-9(11)16/h3-4,6,10H,1-2,5,7H2,(H,17,18)(H,19,20). The number of carboxylic acids is 1. The van der Waals surface area contributed by atoms with E-state index in [0.717, 1.165) is 12.1 Å². The van der Waals surface area contributed by atoms with E-state index in [2.05, 4.69) is 0 Å². The van der Waals surface area contributed by atoms with E-state index in [-0.39, 0.29) is 25.2 Å². The Kier molecular flexibility index (Phi) is 6.51. The van der Waals surface area contributed by atoms with Gasteiger partial charge in [-0.05, 0) is 18.6 Å². The zero-order chi connectivity index (χ0) is 15.8. The van der Waals surface area contributed by atoms with Gasteiger partial charge < -0.3 is 15.2 Å². The van der Waals surface area contributed by atoms with Crippen molar-refractivity contribution in [3.8, 4) is 5.75 Å². The number of benzene rings is 1. The van der Waals surface area contributed by atoms with Gasteiger partial charge in [-0.3, -0.25) is 4.79 Å². The summed E-state index contributed by atoms with van der Waals surface area (Å²) in [4.78, 5) is 21.8. The van der Waals surface area contributed by atoms with Crippen LogP contribution in [0, 0.1) is 11.6 Å². The first-order valence-corrected chi connectivity index (χ1v) is 6.10. The Hall–Kier alpha value is -2.25. The fraction of sp³-hybridized carbons (Fsp3) is 0.385. The van der Waals surface area contributed by atoms with Gasteiger partial charge in [-0.15, -0.1) is 0 Å². The number of carbonyl (C=O) groups is 2. The summed E-state index contributed by atoms with van der Waals surface area (Å²) in [6.45, 7) is -1.23. The van der Waals surface area contributed by atoms with Gasteiger partial charge in [0.05, 0.1) is 6.61 Å². The number of carbonyl (C=O) groups excluding carboxylic acids is 1. The van der Waals surface area contributed by atoms with Crippen molar-refractivity contribution >= 4 is 11.9 Å². The minimum absolute atomic E-state index is 0.0245. The van der Waals surface area contributed by atoms with Crippen molar-refractivity contribution in [3.63, 3.8) is 0 Å². The molecule has 1 atom stereocenters. The summed E-state index contributed by atoms with van der Waals surface area (Å²) in [7, 11) is 0. The average molecular weight is 305 g/mol. The van der Waals surface area contributed by atoms with E-state index in [0.29, 0.717) is 6.07 Å². The fourth-order valence-electron chi connectivity index (χ4n) is 1.44. The number of halogens is 3. The second-order valence-corrected chi connectivity index (χ2v) is 4.14. The third kappa shape index (κ3) is 5.72. The number of carboxylic acid groups (broad SMARTS) is 1. The van der Waals surface area contributed by atoms with E-state index in [9.17, 15) is 22.8 Å². The molecule has 0 fully saturated rings. The molecule has 0 spiro atoms. The van der Waals surface area contributed by atoms with Gasteiger partial charge >= 0.3 is 5.97 Å². The lowest BCUT2D eigenvalue weighted by atomic mass is 10.2. The third-order valence-corrected chi connectivity index (χ3v) is 2.49. The summed E-state index contributed by atoms with van der Waals surface area (Å²) >= 11 is 0. The molecule has 2 N–H and O–H groups in total. The van der Waals surface area contributed by atoms with Gasteiger partial charge in [0.15, 0.2) is 17.6 Å². The molecule has 116 valence electrons. The largest absolute Gasteiger partial charge is 0.491 e. The molecule has 21 heavy (non-hydrogen) atoms. The number of aliphatic carboxylic acids is 1. The Bertz CT molecular complexity index is 510. The number of hydrogen-bond donors (Lipinski definition) is 2. The smallest absolute Gasteiger partial charge is 0.328 e. The van der Waals surface area contributed by atoms with E-state index in [1.54, 1.807) is 0 Å². The first-order valence-electron chi connectivity index (χ1n) is 6.10. The number of amides is 1. The number of ether oxygens (including phenoxy) is 1. The summed E-state index contributed by atoms with van der Waals surface area (Å²) < 4.78 is 43.1. The number of hydrogen-bond acceptors (Lipinski definition) is 3. The summed E-state index contributed by atoms with van der Waals surface area (Å²) in [5, 5.41) is 10.5. The average Bonchev–Trinajstić information content (AvgIpc) is 2.42. The van der Waals surface area contributed by atoms with Crippen LogP contribution in [-0.2, 0) is 9.59 Å². The van der Waals surface area contributed by atoms with Crippen molar-refractivity contribution < 1.29 is 32.6 Å². The predicted octanol–water partition coefficient (Wildman–Crippen LogP) is 1.66. The van der Waals surface area contributed by atoms with Crippen LogP contribution in [0.25, 0.3) is 0 Å². The van der Waals surface area contributed by atoms with Crippen molar-refractivity contribution in [2.45, 2.75) is 18.9 Å². The zero-order valence-corrected chi connectivity index (χ0v) is 10.9. The second kappa shape index (κ2) is 8.13. The Morgan fingerprint density at radius 3 is 2.62 bits per heavy atom. The molecule has 0 aliphatic heterocycles. The molecule has 0 aliphatic rings. The molecular formula is C13H14F3NO4. The summed E-state index contributed by atoms with van der Waals surface area (Å²) in [5.41, 5.74) is 0. The van der Waals surface area contributed by atoms with E-state index in [1.807, 2.05) is 5.32 Å². The Morgan fingerprint density at radius 2 is 2.05 bits per heavy atom. The molecular weight excluding hydrogens is 291 g/mol. The lowest BCUT2D eigenvalue weighted by Gasteiger charge is -2.11. The lowest BCUT2D eigenvalue weighted by molar-refractivity contribution is -0.142. The molecule has 1 rings (SSSR count). The summed E-state index contributed by atoms with van der Waals surface area (Å²) in [6, 6.07) is 1.24. The van der Waals surface area contributed by atoms with Crippen molar-refractivity contribution in [2.75, 3.05) is 13.3 Å². The molecule has 1 unspecified atom stereocenters. The highest BCUT2D eigenvalue weighted by Gasteiger charge is 2.19. The number of rotatable bonds is 8. The highest BCUT2D eigenvalue weighted by molar-refractivity contribution is 5.83. The third-order valence-electron chi connectivity index (χ3n) is 2.49. The van der Waals surface area contributed by atoms with E-state index >= 15 is 0 Å². The maximum atomic E-state index is 13.2. The SMILES string of the molecule is O=C(CCCOc1ccc(F)cc1F)NC(CF)C(=O)O. The van der Waals surface area contributed by atoms with Crippen LogP contribution in [0.4, 0.5) is 13.2 Å². The van der Waals surface area contributed by atoms with Gasteiger partial charge in [-0.1, -0.05) is 0 Å². The Labute approximate surface area is 118 Å². The van der Waals surface area contributed by atoms with Crippen LogP contribution < -0.4 is 10.1 Å². The van der Waals surface area contributed by atoms with Crippen LogP contribution in [0.2, 0.25) is 0 Å². The summed E-state index contributed by atoms with van der Waals surface area (Å²) in [6.07, 6.45) is 0.0634. The summed E-state index contributed by atoms with van der Waals surface area (Å²) in [5.74, 6) is -3.85. The maximum absolute atomic E-state index is 13.2. The van der Waals surface area contributed by atoms with Gasteiger partial charge in [0, 0.05) is 12.5 Å². The molecule has 0 heterocycles. The molecule has 0 saturated heterocycles. The zero-order valence-electron chi connectivity index (χ0n) is 10.9. The second-order valence-electron chi connectivity index (χ2n) is 4.14. The molecule has 0 radical (unpaired) electrons. The predicted molar refractivity (Wildman–Crippen MR) is 66.6 cm³/mol. The van der Waals surface area contributed by atoms with Gasteiger partial charge in [0.2, 0.25) is 5.91 Å². The molecule has 8 heteroatoms. The Morgan fingerprint density at radius 1 is 1.33 bits per heavy atom. The molecule has 1 aromatic carbocycles. The minimum atomic E-state index is -1.58.